The van der Waals surface area contributed by atoms with Gasteiger partial charge in [0.25, 0.3) is 0 Å². The predicted octanol–water partition coefficient (Wildman–Crippen LogP) is 3.09. The highest BCUT2D eigenvalue weighted by atomic mass is 19.1. The van der Waals surface area contributed by atoms with Crippen LogP contribution in [0.4, 0.5) is 4.39 Å². The molecule has 4 rings (SSSR count). The molecule has 2 heterocycles. The maximum absolute atomic E-state index is 14.0. The Morgan fingerprint density at radius 1 is 0.974 bits per heavy atom. The smallest absolute Gasteiger partial charge is 0.245 e. The third kappa shape index (κ3) is 7.38. The summed E-state index contributed by atoms with van der Waals surface area (Å²) < 4.78 is 14.0. The summed E-state index contributed by atoms with van der Waals surface area (Å²) in [4.78, 5) is 43.6. The zero-order chi connectivity index (χ0) is 27.7. The van der Waals surface area contributed by atoms with Crippen LogP contribution in [0.15, 0.2) is 73.8 Å². The van der Waals surface area contributed by atoms with Gasteiger partial charge in [-0.1, -0.05) is 67.8 Å². The fourth-order valence-electron chi connectivity index (χ4n) is 4.82. The second kappa shape index (κ2) is 13.7. The largest absolute Gasteiger partial charge is 0.339 e. The van der Waals surface area contributed by atoms with Crippen molar-refractivity contribution in [3.05, 3.63) is 96.3 Å². The molecule has 7 nitrogen and oxygen atoms in total. The van der Waals surface area contributed by atoms with Gasteiger partial charge in [0, 0.05) is 58.5 Å². The van der Waals surface area contributed by atoms with E-state index >= 15 is 0 Å². The van der Waals surface area contributed by atoms with Crippen LogP contribution in [0.5, 0.6) is 0 Å². The molecule has 202 valence electrons. The van der Waals surface area contributed by atoms with Crippen molar-refractivity contribution >= 4 is 17.7 Å². The van der Waals surface area contributed by atoms with E-state index in [0.717, 1.165) is 11.1 Å². The fourth-order valence-corrected chi connectivity index (χ4v) is 4.82. The summed E-state index contributed by atoms with van der Waals surface area (Å²) in [5.41, 5.74) is 8.79. The van der Waals surface area contributed by atoms with E-state index in [-0.39, 0.29) is 36.4 Å². The molecule has 2 aliphatic heterocycles. The second-order valence-electron chi connectivity index (χ2n) is 9.57. The highest BCUT2D eigenvalue weighted by Crippen LogP contribution is 2.26. The van der Waals surface area contributed by atoms with Crippen LogP contribution in [0.3, 0.4) is 0 Å². The minimum Gasteiger partial charge on any atom is -0.339 e. The lowest BCUT2D eigenvalue weighted by Crippen LogP contribution is -2.58. The highest BCUT2D eigenvalue weighted by molar-refractivity contribution is 5.89. The summed E-state index contributed by atoms with van der Waals surface area (Å²) in [5, 5.41) is 0. The third-order valence-corrected chi connectivity index (χ3v) is 6.93. The Balaban J connectivity index is 0.000000934. The number of halogens is 1. The first-order valence-corrected chi connectivity index (χ1v) is 12.9. The summed E-state index contributed by atoms with van der Waals surface area (Å²) in [7, 11) is 0. The van der Waals surface area contributed by atoms with E-state index in [1.54, 1.807) is 45.1 Å². The lowest BCUT2D eigenvalue weighted by molar-refractivity contribution is -0.149. The number of nitrogens with zero attached hydrogens (tertiary/aromatic N) is 3. The molecule has 0 bridgehead atoms. The second-order valence-corrected chi connectivity index (χ2v) is 9.57. The van der Waals surface area contributed by atoms with E-state index in [2.05, 4.69) is 13.2 Å². The molecule has 2 aromatic carbocycles. The number of amides is 3. The van der Waals surface area contributed by atoms with Crippen molar-refractivity contribution in [1.29, 1.82) is 0 Å². The minimum absolute atomic E-state index is 0.000613. The average molecular weight is 521 g/mol. The van der Waals surface area contributed by atoms with Crippen LogP contribution in [0.1, 0.15) is 30.0 Å². The number of carbonyl (C=O) groups is 3. The van der Waals surface area contributed by atoms with Crippen LogP contribution in [-0.4, -0.2) is 70.7 Å². The first-order chi connectivity index (χ1) is 18.2. The predicted molar refractivity (Wildman–Crippen MR) is 146 cm³/mol. The van der Waals surface area contributed by atoms with Crippen molar-refractivity contribution in [2.45, 2.75) is 44.8 Å². The van der Waals surface area contributed by atoms with Gasteiger partial charge in [0.2, 0.25) is 17.7 Å². The molecule has 2 atom stereocenters. The van der Waals surface area contributed by atoms with E-state index in [1.807, 2.05) is 24.3 Å². The van der Waals surface area contributed by atoms with Gasteiger partial charge in [0.05, 0.1) is 0 Å². The van der Waals surface area contributed by atoms with Crippen LogP contribution >= 0.6 is 0 Å². The molecule has 0 aliphatic carbocycles. The first kappa shape index (κ1) is 28.8. The molecule has 0 aromatic heterocycles. The molecule has 0 saturated carbocycles. The van der Waals surface area contributed by atoms with Crippen molar-refractivity contribution in [3.63, 3.8) is 0 Å². The van der Waals surface area contributed by atoms with Crippen molar-refractivity contribution in [1.82, 2.24) is 14.7 Å². The molecule has 2 N–H and O–H groups in total. The molecule has 0 spiro atoms. The summed E-state index contributed by atoms with van der Waals surface area (Å²) in [6.45, 7) is 10.5. The molecule has 1 fully saturated rings. The number of benzene rings is 2. The molecule has 0 radical (unpaired) electrons. The summed E-state index contributed by atoms with van der Waals surface area (Å²) in [5.74, 6) is -0.651. The SMILES string of the molecule is C=CC=C.CC(=O)N1CCN(C(=O)[C@@H]2Cc3ccccc3CN2C(=O)CC(N)Cc2ccccc2F)CC1. The number of hydrogen-bond donors (Lipinski definition) is 1. The van der Waals surface area contributed by atoms with E-state index in [4.69, 9.17) is 5.73 Å². The van der Waals surface area contributed by atoms with Crippen LogP contribution in [0, 0.1) is 5.82 Å². The Hall–Kier alpha value is -3.78. The lowest BCUT2D eigenvalue weighted by atomic mass is 9.92. The molecular weight excluding hydrogens is 483 g/mol. The van der Waals surface area contributed by atoms with E-state index in [0.29, 0.717) is 44.7 Å². The molecule has 1 unspecified atom stereocenters. The normalized spacial score (nSPS) is 17.4. The number of carbonyl (C=O) groups excluding carboxylic acids is 3. The first-order valence-electron chi connectivity index (χ1n) is 12.9. The van der Waals surface area contributed by atoms with Gasteiger partial charge >= 0.3 is 0 Å². The van der Waals surface area contributed by atoms with Gasteiger partial charge in [-0.2, -0.15) is 0 Å². The summed E-state index contributed by atoms with van der Waals surface area (Å²) in [6.07, 6.45) is 3.99. The zero-order valence-corrected chi connectivity index (χ0v) is 22.0. The van der Waals surface area contributed by atoms with Gasteiger partial charge in [-0.15, -0.1) is 0 Å². The summed E-state index contributed by atoms with van der Waals surface area (Å²) >= 11 is 0. The van der Waals surface area contributed by atoms with Crippen molar-refractivity contribution in [3.8, 4) is 0 Å². The topological polar surface area (TPSA) is 87.0 Å². The minimum atomic E-state index is -0.619. The molecule has 38 heavy (non-hydrogen) atoms. The highest BCUT2D eigenvalue weighted by Gasteiger charge is 2.38. The Bertz CT molecular complexity index is 1150. The molecule has 3 amide bonds. The van der Waals surface area contributed by atoms with Crippen molar-refractivity contribution in [2.75, 3.05) is 26.2 Å². The Morgan fingerprint density at radius 2 is 1.55 bits per heavy atom. The van der Waals surface area contributed by atoms with Crippen molar-refractivity contribution < 1.29 is 18.8 Å². The number of allylic oxidation sites excluding steroid dienone is 2. The molecule has 2 aromatic rings. The van der Waals surface area contributed by atoms with Crippen LogP contribution < -0.4 is 5.73 Å². The van der Waals surface area contributed by atoms with Gasteiger partial charge in [0.15, 0.2) is 0 Å². The van der Waals surface area contributed by atoms with Crippen molar-refractivity contribution in [2.24, 2.45) is 5.73 Å². The number of hydrogen-bond acceptors (Lipinski definition) is 4. The number of rotatable bonds is 6. The third-order valence-electron chi connectivity index (χ3n) is 6.93. The lowest BCUT2D eigenvalue weighted by Gasteiger charge is -2.41. The number of piperazine rings is 1. The number of fused-ring (bicyclic) bond motifs is 1. The van der Waals surface area contributed by atoms with Gasteiger partial charge in [-0.25, -0.2) is 4.39 Å². The average Bonchev–Trinajstić information content (AvgIpc) is 2.93. The van der Waals surface area contributed by atoms with Crippen LogP contribution in [0.25, 0.3) is 0 Å². The van der Waals surface area contributed by atoms with Gasteiger partial charge < -0.3 is 20.4 Å². The van der Waals surface area contributed by atoms with Crippen LogP contribution in [-0.2, 0) is 33.8 Å². The Morgan fingerprint density at radius 3 is 2.16 bits per heavy atom. The summed E-state index contributed by atoms with van der Waals surface area (Å²) in [6, 6.07) is 13.1. The monoisotopic (exact) mass is 520 g/mol. The maximum atomic E-state index is 14.0. The van der Waals surface area contributed by atoms with E-state index < -0.39 is 12.1 Å². The van der Waals surface area contributed by atoms with Gasteiger partial charge in [-0.05, 0) is 29.2 Å². The molecule has 2 aliphatic rings. The van der Waals surface area contributed by atoms with Crippen LogP contribution in [0.2, 0.25) is 0 Å². The maximum Gasteiger partial charge on any atom is 0.245 e. The zero-order valence-electron chi connectivity index (χ0n) is 22.0. The molecular formula is C30H37FN4O3. The molecule has 8 heteroatoms. The Kier molecular flexibility index (Phi) is 10.4. The molecule has 1 saturated heterocycles. The standard InChI is InChI=1S/C26H31FN4O3.C4H6/c1-18(32)29-10-12-30(13-11-29)26(34)24-15-19-6-2-3-8-21(19)17-31(24)25(33)16-22(28)14-20-7-4-5-9-23(20)27;1-3-4-2/h2-9,22,24H,10-17,28H2,1H3;3-4H,1-2H2/t22?,24-;/m0./s1. The fraction of sp³-hybridized carbons (Fsp3) is 0.367. The van der Waals surface area contributed by atoms with Gasteiger partial charge in [0.1, 0.15) is 11.9 Å². The quantitative estimate of drug-likeness (QED) is 0.593. The Labute approximate surface area is 224 Å². The number of nitrogens with two attached hydrogens (primary N) is 1. The van der Waals surface area contributed by atoms with E-state index in [9.17, 15) is 18.8 Å². The van der Waals surface area contributed by atoms with Gasteiger partial charge in [-0.3, -0.25) is 14.4 Å². The van der Waals surface area contributed by atoms with E-state index in [1.165, 1.54) is 13.0 Å².